The fourth-order valence-corrected chi connectivity index (χ4v) is 4.57. The van der Waals surface area contributed by atoms with Gasteiger partial charge < -0.3 is 20.7 Å². The number of carbonyl (C=O) groups excluding carboxylic acids is 5. The number of benzene rings is 2. The number of ether oxygens (including phenoxy) is 1. The number of alkyl carbamates (subject to hydrolysis) is 1. The molecule has 3 N–H and O–H groups in total. The van der Waals surface area contributed by atoms with Crippen LogP contribution in [0.15, 0.2) is 42.5 Å². The largest absolute Gasteiger partial charge is 0.447 e. The molecule has 0 aromatic heterocycles. The number of rotatable bonds is 8. The molecule has 0 radical (unpaired) electrons. The Kier molecular flexibility index (Phi) is 13.5. The summed E-state index contributed by atoms with van der Waals surface area (Å²) < 4.78 is 5.05. The maximum Gasteiger partial charge on any atom is 0.408 e. The monoisotopic (exact) mass is 649 g/mol. The topological polar surface area (TPSA) is 137 Å². The van der Waals surface area contributed by atoms with Crippen LogP contribution in [0.1, 0.15) is 65.6 Å². The van der Waals surface area contributed by atoms with Crippen LogP contribution in [-0.4, -0.2) is 59.6 Å². The van der Waals surface area contributed by atoms with Crippen molar-refractivity contribution in [3.8, 4) is 0 Å². The second kappa shape index (κ2) is 16.3. The first kappa shape index (κ1) is 36.4. The zero-order chi connectivity index (χ0) is 33.3. The number of hydrogen-bond acceptors (Lipinski definition) is 6. The molecule has 0 bridgehead atoms. The molecular weight excluding hydrogens is 609 g/mol. The van der Waals surface area contributed by atoms with E-state index in [1.807, 2.05) is 52.0 Å². The third-order valence-electron chi connectivity index (χ3n) is 6.23. The molecule has 44 heavy (non-hydrogen) atoms. The van der Waals surface area contributed by atoms with E-state index in [1.165, 1.54) is 23.8 Å². The van der Waals surface area contributed by atoms with Gasteiger partial charge in [0.25, 0.3) is 5.91 Å². The summed E-state index contributed by atoms with van der Waals surface area (Å²) in [7, 11) is 0. The highest BCUT2D eigenvalue weighted by Crippen LogP contribution is 2.28. The minimum Gasteiger partial charge on any atom is -0.447 e. The van der Waals surface area contributed by atoms with E-state index in [2.05, 4.69) is 16.0 Å². The number of nitrogens with one attached hydrogen (secondary N) is 3. The molecule has 0 spiro atoms. The Balaban J connectivity index is 0.000000308. The first-order valence-corrected chi connectivity index (χ1v) is 15.0. The fraction of sp³-hybridized carbons (Fsp3) is 0.452. The van der Waals surface area contributed by atoms with Crippen LogP contribution in [0.3, 0.4) is 0 Å². The third kappa shape index (κ3) is 10.7. The van der Waals surface area contributed by atoms with Crippen LogP contribution in [0.5, 0.6) is 0 Å². The van der Waals surface area contributed by atoms with E-state index in [0.717, 1.165) is 15.4 Å². The number of nitrogens with zero attached hydrogens (tertiary/aromatic N) is 2. The third-order valence-corrected chi connectivity index (χ3v) is 6.67. The average Bonchev–Trinajstić information content (AvgIpc) is 3.20. The molecule has 1 heterocycles. The summed E-state index contributed by atoms with van der Waals surface area (Å²) in [4.78, 5) is 62.1. The summed E-state index contributed by atoms with van der Waals surface area (Å²) in [6.45, 7) is 14.4. The average molecular weight is 651 g/mol. The Labute approximate surface area is 268 Å². The minimum atomic E-state index is -0.725. The summed E-state index contributed by atoms with van der Waals surface area (Å²) in [5.41, 5.74) is 2.43. The molecule has 2 aromatic rings. The van der Waals surface area contributed by atoms with E-state index >= 15 is 0 Å². The zero-order valence-corrected chi connectivity index (χ0v) is 27.7. The van der Waals surface area contributed by atoms with E-state index < -0.39 is 30.1 Å². The lowest BCUT2D eigenvalue weighted by Gasteiger charge is -2.24. The van der Waals surface area contributed by atoms with Crippen LogP contribution < -0.4 is 20.9 Å². The lowest BCUT2D eigenvalue weighted by atomic mass is 10.0. The maximum atomic E-state index is 12.5. The maximum absolute atomic E-state index is 12.5. The van der Waals surface area contributed by atoms with Crippen LogP contribution in [0.2, 0.25) is 10.0 Å². The van der Waals surface area contributed by atoms with Gasteiger partial charge >= 0.3 is 18.2 Å². The second-order valence-electron chi connectivity index (χ2n) is 11.3. The molecule has 13 heteroatoms. The van der Waals surface area contributed by atoms with Gasteiger partial charge in [0.05, 0.1) is 17.8 Å². The normalized spacial score (nSPS) is 14.3. The van der Waals surface area contributed by atoms with Crippen molar-refractivity contribution in [1.82, 2.24) is 20.9 Å². The lowest BCUT2D eigenvalue weighted by molar-refractivity contribution is -0.124. The number of anilines is 1. The van der Waals surface area contributed by atoms with Gasteiger partial charge in [-0.1, -0.05) is 66.9 Å². The molecule has 1 saturated heterocycles. The highest BCUT2D eigenvalue weighted by atomic mass is 35.5. The van der Waals surface area contributed by atoms with Crippen molar-refractivity contribution in [2.75, 3.05) is 11.4 Å². The standard InChI is InChI=1S/C18H28N2O3.C13H13Cl2N3O3/c1-11(2)16(20-18(22)23-12(3)4)17(21)19-14(6)15-9-7-13(5)8-10-15;1-7(2)16-12(20)17-6-11(19)18(13(17)21)10-4-8(14)3-9(15)5-10/h7-12,14,16H,1-6H3,(H,19,21)(H,20,22);3-5,7H,6H2,1-2H3,(H,16,20)/t14-,16?;/m0./s1. The van der Waals surface area contributed by atoms with Gasteiger partial charge in [-0.05, 0) is 71.2 Å². The highest BCUT2D eigenvalue weighted by Gasteiger charge is 2.41. The number of carbonyl (C=O) groups is 5. The molecule has 1 aliphatic heterocycles. The van der Waals surface area contributed by atoms with Crippen LogP contribution >= 0.6 is 23.2 Å². The molecule has 240 valence electrons. The Morgan fingerprint density at radius 1 is 0.841 bits per heavy atom. The van der Waals surface area contributed by atoms with Crippen molar-refractivity contribution in [2.45, 2.75) is 79.6 Å². The second-order valence-corrected chi connectivity index (χ2v) is 12.2. The van der Waals surface area contributed by atoms with Crippen molar-refractivity contribution in [3.05, 3.63) is 63.6 Å². The van der Waals surface area contributed by atoms with E-state index in [9.17, 15) is 24.0 Å². The molecule has 2 aromatic carbocycles. The summed E-state index contributed by atoms with van der Waals surface area (Å²) >= 11 is 11.7. The van der Waals surface area contributed by atoms with E-state index in [4.69, 9.17) is 27.9 Å². The number of aryl methyl sites for hydroxylation is 1. The van der Waals surface area contributed by atoms with Gasteiger partial charge in [-0.25, -0.2) is 24.2 Å². The van der Waals surface area contributed by atoms with Gasteiger partial charge in [0.2, 0.25) is 5.91 Å². The predicted octanol–water partition coefficient (Wildman–Crippen LogP) is 6.21. The predicted molar refractivity (Wildman–Crippen MR) is 171 cm³/mol. The van der Waals surface area contributed by atoms with Gasteiger partial charge in [-0.2, -0.15) is 0 Å². The lowest BCUT2D eigenvalue weighted by Crippen LogP contribution is -2.50. The number of amides is 7. The van der Waals surface area contributed by atoms with Crippen molar-refractivity contribution in [3.63, 3.8) is 0 Å². The number of urea groups is 2. The molecule has 0 saturated carbocycles. The van der Waals surface area contributed by atoms with Gasteiger partial charge in [-0.15, -0.1) is 0 Å². The minimum absolute atomic E-state index is 0.0417. The molecule has 0 aliphatic carbocycles. The van der Waals surface area contributed by atoms with Crippen LogP contribution in [-0.2, 0) is 14.3 Å². The van der Waals surface area contributed by atoms with Gasteiger partial charge in [-0.3, -0.25) is 9.59 Å². The van der Waals surface area contributed by atoms with Gasteiger partial charge in [0.15, 0.2) is 0 Å². The quantitative estimate of drug-likeness (QED) is 0.291. The summed E-state index contributed by atoms with van der Waals surface area (Å²) in [6, 6.07) is 10.1. The van der Waals surface area contributed by atoms with Crippen molar-refractivity contribution >= 4 is 58.9 Å². The number of hydrogen-bond donors (Lipinski definition) is 3. The van der Waals surface area contributed by atoms with Crippen LogP contribution in [0, 0.1) is 12.8 Å². The summed E-state index contributed by atoms with van der Waals surface area (Å²) in [5, 5.41) is 8.74. The number of imide groups is 2. The Hall–Kier alpha value is -3.83. The van der Waals surface area contributed by atoms with Crippen LogP contribution in [0.4, 0.5) is 20.1 Å². The SMILES string of the molecule is CC(C)NC(=O)N1CC(=O)N(c2cc(Cl)cc(Cl)c2)C1=O.Cc1ccc([C@H](C)NC(=O)C(NC(=O)OC(C)C)C(C)C)cc1. The Bertz CT molecular complexity index is 1330. The molecule has 1 aliphatic rings. The van der Waals surface area contributed by atoms with Crippen LogP contribution in [0.25, 0.3) is 0 Å². The van der Waals surface area contributed by atoms with E-state index in [1.54, 1.807) is 27.7 Å². The smallest absolute Gasteiger partial charge is 0.408 e. The summed E-state index contributed by atoms with van der Waals surface area (Å²) in [5.74, 6) is -0.772. The fourth-order valence-electron chi connectivity index (χ4n) is 4.06. The van der Waals surface area contributed by atoms with Crippen molar-refractivity contribution < 1.29 is 28.7 Å². The first-order valence-electron chi connectivity index (χ1n) is 14.2. The van der Waals surface area contributed by atoms with Crippen molar-refractivity contribution in [2.24, 2.45) is 5.92 Å². The van der Waals surface area contributed by atoms with Gasteiger partial charge in [0.1, 0.15) is 12.6 Å². The van der Waals surface area contributed by atoms with Gasteiger partial charge in [0, 0.05) is 16.1 Å². The molecule has 11 nitrogen and oxygen atoms in total. The molecule has 7 amide bonds. The first-order chi connectivity index (χ1) is 20.5. The Morgan fingerprint density at radius 2 is 1.41 bits per heavy atom. The summed E-state index contributed by atoms with van der Waals surface area (Å²) in [6.07, 6.45) is -0.797. The molecule has 1 fully saturated rings. The van der Waals surface area contributed by atoms with E-state index in [-0.39, 0.29) is 42.2 Å². The Morgan fingerprint density at radius 3 is 1.91 bits per heavy atom. The highest BCUT2D eigenvalue weighted by molar-refractivity contribution is 6.35. The van der Waals surface area contributed by atoms with Crippen molar-refractivity contribution in [1.29, 1.82) is 0 Å². The molecular formula is C31H41Cl2N5O6. The van der Waals surface area contributed by atoms with E-state index in [0.29, 0.717) is 10.0 Å². The molecule has 2 atom stereocenters. The molecule has 3 rings (SSSR count). The zero-order valence-electron chi connectivity index (χ0n) is 26.2. The molecule has 1 unspecified atom stereocenters. The number of halogens is 2.